The van der Waals surface area contributed by atoms with E-state index >= 15 is 0 Å². The molecule has 0 aliphatic heterocycles. The molecule has 2 unspecified atom stereocenters. The molecule has 0 aliphatic carbocycles. The molecule has 0 aliphatic rings. The molecule has 0 spiro atoms. The number of carbonyl (C=O) groups is 1. The molecule has 5 heteroatoms. The predicted octanol–water partition coefficient (Wildman–Crippen LogP) is 1.64. The van der Waals surface area contributed by atoms with Crippen LogP contribution in [0.2, 0.25) is 0 Å². The third kappa shape index (κ3) is 3.76. The van der Waals surface area contributed by atoms with Crippen molar-refractivity contribution in [2.75, 3.05) is 7.05 Å². The average Bonchev–Trinajstić information content (AvgIpc) is 2.39. The fourth-order valence-electron chi connectivity index (χ4n) is 1.67. The van der Waals surface area contributed by atoms with Crippen LogP contribution in [0.3, 0.4) is 0 Å². The fourth-order valence-corrected chi connectivity index (χ4v) is 1.67. The van der Waals surface area contributed by atoms with Crippen molar-refractivity contribution in [3.63, 3.8) is 0 Å². The maximum atomic E-state index is 13.6. The third-order valence-corrected chi connectivity index (χ3v) is 3.14. The van der Waals surface area contributed by atoms with Crippen LogP contribution in [-0.2, 0) is 11.3 Å². The first-order valence-corrected chi connectivity index (χ1v) is 6.06. The highest BCUT2D eigenvalue weighted by molar-refractivity contribution is 5.78. The summed E-state index contributed by atoms with van der Waals surface area (Å²) < 4.78 is 13.6. The van der Waals surface area contributed by atoms with Crippen LogP contribution in [0.25, 0.3) is 0 Å². The SMILES string of the molecule is CC(N)C(C)C(=O)N(C)Cc1cc(C#N)ccc1F. The second kappa shape index (κ2) is 6.30. The number of amides is 1. The van der Waals surface area contributed by atoms with Gasteiger partial charge < -0.3 is 10.6 Å². The highest BCUT2D eigenvalue weighted by Gasteiger charge is 2.21. The van der Waals surface area contributed by atoms with Crippen molar-refractivity contribution in [3.05, 3.63) is 35.1 Å². The van der Waals surface area contributed by atoms with Crippen molar-refractivity contribution in [1.82, 2.24) is 4.90 Å². The second-order valence-corrected chi connectivity index (χ2v) is 4.76. The molecule has 2 N–H and O–H groups in total. The highest BCUT2D eigenvalue weighted by Crippen LogP contribution is 2.14. The van der Waals surface area contributed by atoms with Gasteiger partial charge in [-0.25, -0.2) is 4.39 Å². The first kappa shape index (κ1) is 15.1. The van der Waals surface area contributed by atoms with E-state index in [4.69, 9.17) is 11.0 Å². The average molecular weight is 263 g/mol. The number of benzene rings is 1. The zero-order valence-electron chi connectivity index (χ0n) is 11.4. The van der Waals surface area contributed by atoms with Gasteiger partial charge in [-0.05, 0) is 25.1 Å². The first-order valence-electron chi connectivity index (χ1n) is 6.06. The van der Waals surface area contributed by atoms with Gasteiger partial charge in [0.1, 0.15) is 5.82 Å². The van der Waals surface area contributed by atoms with E-state index in [1.54, 1.807) is 20.9 Å². The van der Waals surface area contributed by atoms with Crippen LogP contribution >= 0.6 is 0 Å². The van der Waals surface area contributed by atoms with E-state index in [0.717, 1.165) is 0 Å². The van der Waals surface area contributed by atoms with Crippen LogP contribution in [0, 0.1) is 23.1 Å². The quantitative estimate of drug-likeness (QED) is 0.897. The molecular formula is C14H18FN3O. The standard InChI is InChI=1S/C14H18FN3O/c1-9(10(2)17)14(19)18(3)8-12-6-11(7-16)4-5-13(12)15/h4-6,9-10H,8,17H2,1-3H3. The molecule has 1 rings (SSSR count). The van der Waals surface area contributed by atoms with Gasteiger partial charge in [-0.15, -0.1) is 0 Å². The maximum Gasteiger partial charge on any atom is 0.226 e. The van der Waals surface area contributed by atoms with E-state index in [0.29, 0.717) is 11.1 Å². The van der Waals surface area contributed by atoms with Gasteiger partial charge in [0.2, 0.25) is 5.91 Å². The Morgan fingerprint density at radius 2 is 2.16 bits per heavy atom. The van der Waals surface area contributed by atoms with Crippen molar-refractivity contribution >= 4 is 5.91 Å². The number of nitrogens with two attached hydrogens (primary N) is 1. The summed E-state index contributed by atoms with van der Waals surface area (Å²) in [7, 11) is 1.60. The number of nitrogens with zero attached hydrogens (tertiary/aromatic N) is 2. The molecule has 19 heavy (non-hydrogen) atoms. The Balaban J connectivity index is 2.85. The van der Waals surface area contributed by atoms with Gasteiger partial charge in [0.25, 0.3) is 0 Å². The summed E-state index contributed by atoms with van der Waals surface area (Å²) >= 11 is 0. The number of hydrogen-bond donors (Lipinski definition) is 1. The van der Waals surface area contributed by atoms with Gasteiger partial charge in [0, 0.05) is 25.2 Å². The van der Waals surface area contributed by atoms with Crippen molar-refractivity contribution in [2.24, 2.45) is 11.7 Å². The minimum atomic E-state index is -0.424. The largest absolute Gasteiger partial charge is 0.341 e. The van der Waals surface area contributed by atoms with Gasteiger partial charge in [-0.2, -0.15) is 5.26 Å². The molecule has 4 nitrogen and oxygen atoms in total. The molecule has 0 radical (unpaired) electrons. The van der Waals surface area contributed by atoms with Crippen LogP contribution < -0.4 is 5.73 Å². The van der Waals surface area contributed by atoms with Crippen LogP contribution in [0.4, 0.5) is 4.39 Å². The zero-order chi connectivity index (χ0) is 14.6. The minimum absolute atomic E-state index is 0.122. The van der Waals surface area contributed by atoms with Crippen LogP contribution in [-0.4, -0.2) is 23.9 Å². The predicted molar refractivity (Wildman–Crippen MR) is 70.4 cm³/mol. The van der Waals surface area contributed by atoms with E-state index in [2.05, 4.69) is 0 Å². The fraction of sp³-hybridized carbons (Fsp3) is 0.429. The number of rotatable bonds is 4. The molecule has 102 valence electrons. The Morgan fingerprint density at radius 1 is 1.53 bits per heavy atom. The number of hydrogen-bond acceptors (Lipinski definition) is 3. The molecule has 2 atom stereocenters. The third-order valence-electron chi connectivity index (χ3n) is 3.14. The van der Waals surface area contributed by atoms with Crippen molar-refractivity contribution in [3.8, 4) is 6.07 Å². The smallest absolute Gasteiger partial charge is 0.226 e. The Bertz CT molecular complexity index is 508. The van der Waals surface area contributed by atoms with E-state index in [-0.39, 0.29) is 24.4 Å². The molecule has 1 amide bonds. The molecule has 0 saturated carbocycles. The lowest BCUT2D eigenvalue weighted by Crippen LogP contribution is -2.39. The summed E-state index contributed by atoms with van der Waals surface area (Å²) in [4.78, 5) is 13.4. The topological polar surface area (TPSA) is 70.1 Å². The molecule has 1 aromatic rings. The second-order valence-electron chi connectivity index (χ2n) is 4.76. The molecule has 0 saturated heterocycles. The summed E-state index contributed by atoms with van der Waals surface area (Å²) in [6, 6.07) is 5.79. The van der Waals surface area contributed by atoms with Gasteiger partial charge in [-0.3, -0.25) is 4.79 Å². The number of halogens is 1. The monoisotopic (exact) mass is 263 g/mol. The van der Waals surface area contributed by atoms with Crippen molar-refractivity contribution < 1.29 is 9.18 Å². The zero-order valence-corrected chi connectivity index (χ0v) is 11.4. The lowest BCUT2D eigenvalue weighted by molar-refractivity contribution is -0.134. The first-order chi connectivity index (χ1) is 8.86. The van der Waals surface area contributed by atoms with E-state index < -0.39 is 5.82 Å². The van der Waals surface area contributed by atoms with Gasteiger partial charge in [0.15, 0.2) is 0 Å². The Hall–Kier alpha value is -1.93. The number of carbonyl (C=O) groups excluding carboxylic acids is 1. The molecule has 0 aromatic heterocycles. The Kier molecular flexibility index (Phi) is 5.02. The highest BCUT2D eigenvalue weighted by atomic mass is 19.1. The van der Waals surface area contributed by atoms with Gasteiger partial charge >= 0.3 is 0 Å². The summed E-state index contributed by atoms with van der Waals surface area (Å²) in [6.07, 6.45) is 0. The number of nitriles is 1. The molecular weight excluding hydrogens is 245 g/mol. The van der Waals surface area contributed by atoms with E-state index in [1.165, 1.54) is 23.1 Å². The lowest BCUT2D eigenvalue weighted by Gasteiger charge is -2.23. The van der Waals surface area contributed by atoms with Crippen molar-refractivity contribution in [1.29, 1.82) is 5.26 Å². The minimum Gasteiger partial charge on any atom is -0.341 e. The molecule has 0 heterocycles. The van der Waals surface area contributed by atoms with Gasteiger partial charge in [0.05, 0.1) is 17.6 Å². The van der Waals surface area contributed by atoms with Crippen LogP contribution in [0.5, 0.6) is 0 Å². The summed E-state index contributed by atoms with van der Waals surface area (Å²) in [5.41, 5.74) is 6.38. The summed E-state index contributed by atoms with van der Waals surface area (Å²) in [5, 5.41) is 8.79. The van der Waals surface area contributed by atoms with E-state index in [9.17, 15) is 9.18 Å². The molecule has 0 bridgehead atoms. The summed E-state index contributed by atoms with van der Waals surface area (Å²) in [5.74, 6) is -0.893. The lowest BCUT2D eigenvalue weighted by atomic mass is 10.0. The summed E-state index contributed by atoms with van der Waals surface area (Å²) in [6.45, 7) is 3.62. The van der Waals surface area contributed by atoms with Crippen LogP contribution in [0.15, 0.2) is 18.2 Å². The normalized spacial score (nSPS) is 13.5. The Labute approximate surface area is 112 Å². The Morgan fingerprint density at radius 3 is 2.68 bits per heavy atom. The maximum absolute atomic E-state index is 13.6. The van der Waals surface area contributed by atoms with Crippen molar-refractivity contribution in [2.45, 2.75) is 26.4 Å². The molecule has 1 aromatic carbocycles. The van der Waals surface area contributed by atoms with Crippen LogP contribution in [0.1, 0.15) is 25.0 Å². The molecule has 0 fully saturated rings. The van der Waals surface area contributed by atoms with Gasteiger partial charge in [-0.1, -0.05) is 6.92 Å². The van der Waals surface area contributed by atoms with E-state index in [1.807, 2.05) is 6.07 Å².